The van der Waals surface area contributed by atoms with Crippen molar-refractivity contribution in [2.45, 2.75) is 52.5 Å². The zero-order valence-corrected chi connectivity index (χ0v) is 16.0. The van der Waals surface area contributed by atoms with Crippen molar-refractivity contribution in [3.05, 3.63) is 18.0 Å². The first-order valence-electron chi connectivity index (χ1n) is 9.70. The van der Waals surface area contributed by atoms with E-state index in [4.69, 9.17) is 0 Å². The molecule has 1 atom stereocenters. The van der Waals surface area contributed by atoms with Crippen LogP contribution in [0.5, 0.6) is 0 Å². The second-order valence-corrected chi connectivity index (χ2v) is 8.29. The summed E-state index contributed by atoms with van der Waals surface area (Å²) in [6, 6.07) is 1.34. The van der Waals surface area contributed by atoms with Gasteiger partial charge in [0.2, 0.25) is 5.91 Å². The largest absolute Gasteiger partial charge is 0.342 e. The van der Waals surface area contributed by atoms with E-state index in [0.29, 0.717) is 36.7 Å². The minimum Gasteiger partial charge on any atom is -0.342 e. The number of amides is 2. The standard InChI is InChI=1S/C19H28F2N4O2/c1-14(2)5-10-23-12-19(8-4-16(23)26)7-3-9-24(13-19)17(27)15-6-11-25(22-15)18(20)21/h6,11,14,18H,3-5,7-10,12-13H2,1-2H3. The van der Waals surface area contributed by atoms with Crippen molar-refractivity contribution in [3.8, 4) is 0 Å². The van der Waals surface area contributed by atoms with Gasteiger partial charge in [0.15, 0.2) is 5.69 Å². The van der Waals surface area contributed by atoms with Crippen LogP contribution in [0.2, 0.25) is 0 Å². The first kappa shape index (κ1) is 19.8. The third-order valence-corrected chi connectivity index (χ3v) is 5.70. The van der Waals surface area contributed by atoms with E-state index in [0.717, 1.165) is 38.4 Å². The molecular weight excluding hydrogens is 354 g/mol. The zero-order chi connectivity index (χ0) is 19.6. The second-order valence-electron chi connectivity index (χ2n) is 8.29. The number of alkyl halides is 2. The highest BCUT2D eigenvalue weighted by Crippen LogP contribution is 2.39. The molecule has 6 nitrogen and oxygen atoms in total. The molecule has 1 aromatic heterocycles. The molecule has 2 aliphatic heterocycles. The van der Waals surface area contributed by atoms with Crippen LogP contribution in [0.25, 0.3) is 0 Å². The van der Waals surface area contributed by atoms with Crippen LogP contribution in [0, 0.1) is 11.3 Å². The third-order valence-electron chi connectivity index (χ3n) is 5.70. The monoisotopic (exact) mass is 382 g/mol. The van der Waals surface area contributed by atoms with E-state index in [2.05, 4.69) is 18.9 Å². The summed E-state index contributed by atoms with van der Waals surface area (Å²) in [5.41, 5.74) is -0.0414. The van der Waals surface area contributed by atoms with Crippen LogP contribution in [-0.2, 0) is 4.79 Å². The molecule has 150 valence electrons. The molecule has 1 unspecified atom stereocenters. The van der Waals surface area contributed by atoms with Gasteiger partial charge in [-0.05, 0) is 37.7 Å². The molecule has 2 fully saturated rings. The number of hydrogen-bond donors (Lipinski definition) is 0. The number of aromatic nitrogens is 2. The second kappa shape index (κ2) is 7.94. The molecule has 3 heterocycles. The van der Waals surface area contributed by atoms with E-state index >= 15 is 0 Å². The number of piperidine rings is 2. The minimum atomic E-state index is -2.75. The van der Waals surface area contributed by atoms with Crippen molar-refractivity contribution in [2.24, 2.45) is 11.3 Å². The number of carbonyl (C=O) groups is 2. The molecule has 2 amide bonds. The van der Waals surface area contributed by atoms with Crippen molar-refractivity contribution in [3.63, 3.8) is 0 Å². The van der Waals surface area contributed by atoms with Crippen LogP contribution in [0.4, 0.5) is 8.78 Å². The lowest BCUT2D eigenvalue weighted by atomic mass is 9.73. The molecule has 2 saturated heterocycles. The smallest absolute Gasteiger partial charge is 0.333 e. The number of carbonyl (C=O) groups excluding carboxylic acids is 2. The van der Waals surface area contributed by atoms with E-state index in [-0.39, 0.29) is 22.9 Å². The van der Waals surface area contributed by atoms with E-state index in [1.54, 1.807) is 4.90 Å². The lowest BCUT2D eigenvalue weighted by molar-refractivity contribution is -0.139. The van der Waals surface area contributed by atoms with Crippen LogP contribution in [0.3, 0.4) is 0 Å². The Bertz CT molecular complexity index is 691. The van der Waals surface area contributed by atoms with Crippen LogP contribution >= 0.6 is 0 Å². The fourth-order valence-corrected chi connectivity index (χ4v) is 4.16. The summed E-state index contributed by atoms with van der Waals surface area (Å²) in [5.74, 6) is 0.421. The molecule has 0 bridgehead atoms. The Hall–Kier alpha value is -1.99. The summed E-state index contributed by atoms with van der Waals surface area (Å²) in [4.78, 5) is 28.7. The first-order chi connectivity index (χ1) is 12.8. The predicted molar refractivity (Wildman–Crippen MR) is 96.3 cm³/mol. The van der Waals surface area contributed by atoms with Gasteiger partial charge in [-0.3, -0.25) is 9.59 Å². The molecule has 0 N–H and O–H groups in total. The molecular formula is C19H28F2N4O2. The number of hydrogen-bond acceptors (Lipinski definition) is 3. The summed E-state index contributed by atoms with van der Waals surface area (Å²) in [7, 11) is 0. The highest BCUT2D eigenvalue weighted by atomic mass is 19.3. The Morgan fingerprint density at radius 1 is 1.30 bits per heavy atom. The summed E-state index contributed by atoms with van der Waals surface area (Å²) >= 11 is 0. The summed E-state index contributed by atoms with van der Waals surface area (Å²) < 4.78 is 25.9. The molecule has 1 spiro atoms. The van der Waals surface area contributed by atoms with Crippen LogP contribution in [0.1, 0.15) is 63.0 Å². The van der Waals surface area contributed by atoms with Gasteiger partial charge in [-0.15, -0.1) is 0 Å². The molecule has 3 rings (SSSR count). The predicted octanol–water partition coefficient (Wildman–Crippen LogP) is 3.17. The van der Waals surface area contributed by atoms with E-state index in [1.165, 1.54) is 6.07 Å². The van der Waals surface area contributed by atoms with Crippen LogP contribution < -0.4 is 0 Å². The van der Waals surface area contributed by atoms with Gasteiger partial charge < -0.3 is 9.80 Å². The fraction of sp³-hybridized carbons (Fsp3) is 0.737. The van der Waals surface area contributed by atoms with Crippen LogP contribution in [0.15, 0.2) is 12.3 Å². The third kappa shape index (κ3) is 4.47. The van der Waals surface area contributed by atoms with Gasteiger partial charge in [-0.25, -0.2) is 4.68 Å². The van der Waals surface area contributed by atoms with Crippen molar-refractivity contribution in [2.75, 3.05) is 26.2 Å². The minimum absolute atomic E-state index is 0.0518. The van der Waals surface area contributed by atoms with Gasteiger partial charge in [-0.1, -0.05) is 13.8 Å². The number of halogens is 2. The summed E-state index contributed by atoms with van der Waals surface area (Å²) in [5, 5.41) is 3.71. The van der Waals surface area contributed by atoms with Crippen molar-refractivity contribution in [1.29, 1.82) is 0 Å². The SMILES string of the molecule is CC(C)CCN1CC2(CCCN(C(=O)c3ccn(C(F)F)n3)C2)CCC1=O. The van der Waals surface area contributed by atoms with Gasteiger partial charge in [0.25, 0.3) is 5.91 Å². The van der Waals surface area contributed by atoms with Gasteiger partial charge in [-0.2, -0.15) is 13.9 Å². The lowest BCUT2D eigenvalue weighted by Crippen LogP contribution is -2.55. The number of likely N-dealkylation sites (tertiary alicyclic amines) is 2. The highest BCUT2D eigenvalue weighted by molar-refractivity contribution is 5.92. The Morgan fingerprint density at radius 2 is 2.07 bits per heavy atom. The average molecular weight is 382 g/mol. The Kier molecular flexibility index (Phi) is 5.81. The molecule has 0 aliphatic carbocycles. The highest BCUT2D eigenvalue weighted by Gasteiger charge is 2.43. The summed E-state index contributed by atoms with van der Waals surface area (Å²) in [6.07, 6.45) is 5.22. The van der Waals surface area contributed by atoms with Crippen LogP contribution in [-0.4, -0.2) is 57.6 Å². The number of nitrogens with zero attached hydrogens (tertiary/aromatic N) is 4. The van der Waals surface area contributed by atoms with Gasteiger partial charge >= 0.3 is 6.55 Å². The fourth-order valence-electron chi connectivity index (χ4n) is 4.16. The quantitative estimate of drug-likeness (QED) is 0.786. The molecule has 27 heavy (non-hydrogen) atoms. The molecule has 8 heteroatoms. The maximum absolute atomic E-state index is 12.7. The summed E-state index contributed by atoms with van der Waals surface area (Å²) in [6.45, 7) is 4.12. The van der Waals surface area contributed by atoms with E-state index in [1.807, 2.05) is 4.90 Å². The zero-order valence-electron chi connectivity index (χ0n) is 16.0. The van der Waals surface area contributed by atoms with Gasteiger partial charge in [0.05, 0.1) is 0 Å². The van der Waals surface area contributed by atoms with E-state index < -0.39 is 6.55 Å². The average Bonchev–Trinajstić information content (AvgIpc) is 3.12. The molecule has 1 aromatic rings. The van der Waals surface area contributed by atoms with E-state index in [9.17, 15) is 18.4 Å². The van der Waals surface area contributed by atoms with Gasteiger partial charge in [0.1, 0.15) is 0 Å². The molecule has 0 radical (unpaired) electrons. The Labute approximate surface area is 158 Å². The molecule has 0 aromatic carbocycles. The molecule has 0 saturated carbocycles. The normalized spacial score (nSPS) is 23.7. The van der Waals surface area contributed by atoms with Crippen molar-refractivity contribution in [1.82, 2.24) is 19.6 Å². The van der Waals surface area contributed by atoms with Crippen molar-refractivity contribution >= 4 is 11.8 Å². The lowest BCUT2D eigenvalue weighted by Gasteiger charge is -2.48. The maximum atomic E-state index is 12.7. The Morgan fingerprint density at radius 3 is 2.74 bits per heavy atom. The first-order valence-corrected chi connectivity index (χ1v) is 9.70. The number of rotatable bonds is 5. The Balaban J connectivity index is 1.68. The topological polar surface area (TPSA) is 58.4 Å². The molecule has 2 aliphatic rings. The van der Waals surface area contributed by atoms with Crippen molar-refractivity contribution < 1.29 is 18.4 Å². The maximum Gasteiger partial charge on any atom is 0.333 e. The van der Waals surface area contributed by atoms with Gasteiger partial charge in [0, 0.05) is 44.2 Å².